The van der Waals surface area contributed by atoms with Gasteiger partial charge in [0.1, 0.15) is 5.69 Å². The fourth-order valence-electron chi connectivity index (χ4n) is 4.32. The number of fused-ring (bicyclic) bond motifs is 1. The van der Waals surface area contributed by atoms with Crippen molar-refractivity contribution in [2.75, 3.05) is 0 Å². The number of rotatable bonds is 4. The number of pyridine rings is 2. The Morgan fingerprint density at radius 2 is 1.21 bits per heavy atom. The highest BCUT2D eigenvalue weighted by atomic mass is 19.4. The standard InChI is InChI=1S/C28H16F6N2O2/c29-27(30,31)19-11-7-17(8-12-19)23-24(36-16-4-2-6-22(36)37)21-5-1-3-15-35(21)25(23)26(38)18-9-13-20(14-10-18)28(32,33)34/h1-16H. The van der Waals surface area contributed by atoms with E-state index in [9.17, 15) is 35.9 Å². The summed E-state index contributed by atoms with van der Waals surface area (Å²) < 4.78 is 81.7. The molecular weight excluding hydrogens is 510 g/mol. The van der Waals surface area contributed by atoms with E-state index in [0.717, 1.165) is 36.4 Å². The van der Waals surface area contributed by atoms with Gasteiger partial charge in [-0.25, -0.2) is 0 Å². The van der Waals surface area contributed by atoms with E-state index in [1.54, 1.807) is 24.3 Å². The van der Waals surface area contributed by atoms with Crippen molar-refractivity contribution in [3.63, 3.8) is 0 Å². The number of hydrogen-bond acceptors (Lipinski definition) is 2. The number of benzene rings is 2. The Labute approximate surface area is 211 Å². The molecule has 4 nitrogen and oxygen atoms in total. The van der Waals surface area contributed by atoms with Crippen LogP contribution < -0.4 is 5.56 Å². The number of carbonyl (C=O) groups excluding carboxylic acids is 1. The average molecular weight is 526 g/mol. The third-order valence-corrected chi connectivity index (χ3v) is 6.07. The van der Waals surface area contributed by atoms with Crippen LogP contribution in [0.3, 0.4) is 0 Å². The summed E-state index contributed by atoms with van der Waals surface area (Å²) in [5, 5.41) is 0. The highest BCUT2D eigenvalue weighted by Gasteiger charge is 2.33. The van der Waals surface area contributed by atoms with Crippen LogP contribution in [0.15, 0.2) is 102 Å². The van der Waals surface area contributed by atoms with Crippen LogP contribution in [0.25, 0.3) is 22.3 Å². The molecule has 38 heavy (non-hydrogen) atoms. The fraction of sp³-hybridized carbons (Fsp3) is 0.0714. The van der Waals surface area contributed by atoms with Crippen LogP contribution in [0.1, 0.15) is 27.2 Å². The number of aromatic nitrogens is 2. The smallest absolute Gasteiger partial charge is 0.311 e. The van der Waals surface area contributed by atoms with Gasteiger partial charge in [-0.3, -0.25) is 14.2 Å². The van der Waals surface area contributed by atoms with Gasteiger partial charge in [0, 0.05) is 29.6 Å². The Bertz CT molecular complexity index is 1710. The maximum atomic E-state index is 13.8. The number of alkyl halides is 6. The molecule has 0 amide bonds. The molecule has 5 rings (SSSR count). The number of hydrogen-bond donors (Lipinski definition) is 0. The Morgan fingerprint density at radius 1 is 0.658 bits per heavy atom. The summed E-state index contributed by atoms with van der Waals surface area (Å²) in [5.74, 6) is -0.676. The molecule has 3 aromatic heterocycles. The van der Waals surface area contributed by atoms with Crippen molar-refractivity contribution in [2.45, 2.75) is 12.4 Å². The molecule has 0 N–H and O–H groups in total. The molecule has 192 valence electrons. The normalized spacial score (nSPS) is 12.2. The van der Waals surface area contributed by atoms with Gasteiger partial charge in [0.05, 0.1) is 22.3 Å². The summed E-state index contributed by atoms with van der Waals surface area (Å²) in [6.45, 7) is 0. The van der Waals surface area contributed by atoms with Crippen LogP contribution in [0.2, 0.25) is 0 Å². The van der Waals surface area contributed by atoms with Crippen molar-refractivity contribution in [2.24, 2.45) is 0 Å². The maximum absolute atomic E-state index is 13.8. The van der Waals surface area contributed by atoms with Crippen molar-refractivity contribution in [3.05, 3.63) is 130 Å². The molecule has 0 unspecified atom stereocenters. The highest BCUT2D eigenvalue weighted by molar-refractivity contribution is 6.15. The van der Waals surface area contributed by atoms with E-state index < -0.39 is 34.8 Å². The SMILES string of the molecule is O=C(c1ccc(C(F)(F)F)cc1)c1c(-c2ccc(C(F)(F)F)cc2)c(-n2ccccc2=O)c2ccccn12. The van der Waals surface area contributed by atoms with E-state index in [4.69, 9.17) is 0 Å². The topological polar surface area (TPSA) is 43.5 Å². The lowest BCUT2D eigenvalue weighted by Gasteiger charge is -2.12. The lowest BCUT2D eigenvalue weighted by Crippen LogP contribution is -2.16. The van der Waals surface area contributed by atoms with Crippen LogP contribution in [0, 0.1) is 0 Å². The van der Waals surface area contributed by atoms with Gasteiger partial charge in [0.25, 0.3) is 5.56 Å². The summed E-state index contributed by atoms with van der Waals surface area (Å²) in [7, 11) is 0. The molecule has 2 aromatic carbocycles. The summed E-state index contributed by atoms with van der Waals surface area (Å²) >= 11 is 0. The monoisotopic (exact) mass is 526 g/mol. The van der Waals surface area contributed by atoms with E-state index in [2.05, 4.69) is 0 Å². The molecule has 0 aliphatic heterocycles. The minimum absolute atomic E-state index is 0.0223. The van der Waals surface area contributed by atoms with Crippen LogP contribution in [-0.2, 0) is 12.4 Å². The lowest BCUT2D eigenvalue weighted by molar-refractivity contribution is -0.138. The largest absolute Gasteiger partial charge is 0.416 e. The zero-order valence-electron chi connectivity index (χ0n) is 19.2. The first-order valence-electron chi connectivity index (χ1n) is 11.2. The molecule has 10 heteroatoms. The molecule has 3 heterocycles. The van der Waals surface area contributed by atoms with Gasteiger partial charge < -0.3 is 4.40 Å². The van der Waals surface area contributed by atoms with Crippen molar-refractivity contribution in [1.82, 2.24) is 8.97 Å². The quantitative estimate of drug-likeness (QED) is 0.187. The Kier molecular flexibility index (Phi) is 5.97. The molecule has 0 saturated carbocycles. The molecule has 0 fully saturated rings. The van der Waals surface area contributed by atoms with Gasteiger partial charge in [-0.05, 0) is 48.0 Å². The van der Waals surface area contributed by atoms with Gasteiger partial charge in [-0.1, -0.05) is 36.4 Å². The molecule has 0 aliphatic carbocycles. The van der Waals surface area contributed by atoms with Crippen LogP contribution in [0.4, 0.5) is 26.3 Å². The number of ketones is 1. The Hall–Kier alpha value is -4.60. The Balaban J connectivity index is 1.82. The highest BCUT2D eigenvalue weighted by Crippen LogP contribution is 2.39. The minimum atomic E-state index is -4.60. The number of carbonyl (C=O) groups is 1. The van der Waals surface area contributed by atoms with E-state index in [0.29, 0.717) is 5.52 Å². The van der Waals surface area contributed by atoms with Crippen LogP contribution in [-0.4, -0.2) is 14.8 Å². The maximum Gasteiger partial charge on any atom is 0.416 e. The molecule has 0 bridgehead atoms. The summed E-state index contributed by atoms with van der Waals surface area (Å²) in [6, 6.07) is 17.1. The van der Waals surface area contributed by atoms with Gasteiger partial charge in [0.15, 0.2) is 0 Å². The third-order valence-electron chi connectivity index (χ3n) is 6.07. The molecular formula is C28H16F6N2O2. The van der Waals surface area contributed by atoms with E-state index in [1.165, 1.54) is 45.6 Å². The molecule has 0 saturated heterocycles. The van der Waals surface area contributed by atoms with E-state index in [1.807, 2.05) is 0 Å². The fourth-order valence-corrected chi connectivity index (χ4v) is 4.32. The van der Waals surface area contributed by atoms with Gasteiger partial charge in [0.2, 0.25) is 5.78 Å². The molecule has 0 radical (unpaired) electrons. The van der Waals surface area contributed by atoms with Crippen molar-refractivity contribution >= 4 is 11.3 Å². The molecule has 0 aliphatic rings. The van der Waals surface area contributed by atoms with Crippen molar-refractivity contribution in [1.29, 1.82) is 0 Å². The first-order chi connectivity index (χ1) is 18.0. The lowest BCUT2D eigenvalue weighted by atomic mass is 9.97. The van der Waals surface area contributed by atoms with Crippen LogP contribution in [0.5, 0.6) is 0 Å². The van der Waals surface area contributed by atoms with Gasteiger partial charge in [-0.2, -0.15) is 26.3 Å². The second kappa shape index (κ2) is 9.05. The second-order valence-electron chi connectivity index (χ2n) is 8.42. The van der Waals surface area contributed by atoms with E-state index in [-0.39, 0.29) is 28.1 Å². The predicted octanol–water partition coefficient (Wildman–Crippen LogP) is 7.03. The molecule has 5 aromatic rings. The van der Waals surface area contributed by atoms with Crippen molar-refractivity contribution < 1.29 is 31.1 Å². The minimum Gasteiger partial charge on any atom is -0.311 e. The van der Waals surface area contributed by atoms with Gasteiger partial charge in [-0.15, -0.1) is 0 Å². The van der Waals surface area contributed by atoms with Gasteiger partial charge >= 0.3 is 12.4 Å². The first-order valence-corrected chi connectivity index (χ1v) is 11.2. The Morgan fingerprint density at radius 3 is 1.79 bits per heavy atom. The third kappa shape index (κ3) is 4.38. The summed E-state index contributed by atoms with van der Waals surface area (Å²) in [6.07, 6.45) is -6.19. The molecule has 0 atom stereocenters. The zero-order valence-corrected chi connectivity index (χ0v) is 19.2. The first kappa shape index (κ1) is 25.1. The van der Waals surface area contributed by atoms with Crippen LogP contribution >= 0.6 is 0 Å². The molecule has 0 spiro atoms. The number of nitrogens with zero attached hydrogens (tertiary/aromatic N) is 2. The summed E-state index contributed by atoms with van der Waals surface area (Å²) in [5.41, 5.74) is -1.38. The zero-order chi connectivity index (χ0) is 27.2. The van der Waals surface area contributed by atoms with E-state index >= 15 is 0 Å². The second-order valence-corrected chi connectivity index (χ2v) is 8.42. The average Bonchev–Trinajstić information content (AvgIpc) is 3.22. The summed E-state index contributed by atoms with van der Waals surface area (Å²) in [4.78, 5) is 26.6. The number of halogens is 6. The predicted molar refractivity (Wildman–Crippen MR) is 128 cm³/mol. The van der Waals surface area contributed by atoms with Crippen molar-refractivity contribution in [3.8, 4) is 16.8 Å².